The van der Waals surface area contributed by atoms with Gasteiger partial charge in [0.25, 0.3) is 0 Å². The van der Waals surface area contributed by atoms with Gasteiger partial charge in [-0.25, -0.2) is 0 Å². The van der Waals surface area contributed by atoms with Crippen molar-refractivity contribution in [2.45, 2.75) is 41.5 Å². The largest absolute Gasteiger partial charge is 0.354 e. The molecule has 0 aliphatic heterocycles. The molecule has 5 rings (SSSR count). The third-order valence-electron chi connectivity index (χ3n) is 7.14. The molecule has 1 heterocycles. The van der Waals surface area contributed by atoms with Crippen LogP contribution in [-0.2, 0) is 0 Å². The van der Waals surface area contributed by atoms with Crippen LogP contribution < -0.4 is 0 Å². The van der Waals surface area contributed by atoms with E-state index < -0.39 is 0 Å². The lowest BCUT2D eigenvalue weighted by Crippen LogP contribution is -1.94. The van der Waals surface area contributed by atoms with Crippen LogP contribution >= 0.6 is 0 Å². The van der Waals surface area contributed by atoms with Crippen molar-refractivity contribution < 1.29 is 0 Å². The molecule has 0 radical (unpaired) electrons. The van der Waals surface area contributed by atoms with E-state index in [1.165, 1.54) is 77.4 Å². The highest BCUT2D eigenvalue weighted by Crippen LogP contribution is 2.42. The van der Waals surface area contributed by atoms with Crippen molar-refractivity contribution in [3.8, 4) is 22.3 Å². The van der Waals surface area contributed by atoms with Gasteiger partial charge in [0.15, 0.2) is 0 Å². The fourth-order valence-electron chi connectivity index (χ4n) is 4.83. The molecule has 1 aromatic heterocycles. The number of benzene rings is 4. The third-order valence-corrected chi connectivity index (χ3v) is 7.14. The highest BCUT2D eigenvalue weighted by molar-refractivity contribution is 6.14. The lowest BCUT2D eigenvalue weighted by Gasteiger charge is -2.17. The number of para-hydroxylation sites is 1. The van der Waals surface area contributed by atoms with Crippen LogP contribution in [0.1, 0.15) is 33.4 Å². The summed E-state index contributed by atoms with van der Waals surface area (Å²) < 4.78 is 0. The van der Waals surface area contributed by atoms with Crippen molar-refractivity contribution in [3.05, 3.63) is 94.0 Å². The van der Waals surface area contributed by atoms with Crippen molar-refractivity contribution in [3.63, 3.8) is 0 Å². The fourth-order valence-corrected chi connectivity index (χ4v) is 4.83. The zero-order valence-corrected chi connectivity index (χ0v) is 19.3. The summed E-state index contributed by atoms with van der Waals surface area (Å²) in [6.45, 7) is 13.3. The maximum atomic E-state index is 3.75. The summed E-state index contributed by atoms with van der Waals surface area (Å²) in [5.41, 5.74) is 15.7. The van der Waals surface area contributed by atoms with E-state index in [9.17, 15) is 0 Å². The second-order valence-corrected chi connectivity index (χ2v) is 9.05. The minimum absolute atomic E-state index is 1.19. The van der Waals surface area contributed by atoms with Crippen molar-refractivity contribution in [1.29, 1.82) is 0 Å². The summed E-state index contributed by atoms with van der Waals surface area (Å²) in [5, 5.41) is 2.56. The van der Waals surface area contributed by atoms with Crippen LogP contribution in [0.5, 0.6) is 0 Å². The SMILES string of the molecule is Cc1cc(-c2ccc3c([nH]c4ccccc43)c2-c2cc(C)c(C)c(C)c2)cc(C)c1C. The van der Waals surface area contributed by atoms with Gasteiger partial charge < -0.3 is 4.98 Å². The predicted molar refractivity (Wildman–Crippen MR) is 135 cm³/mol. The predicted octanol–water partition coefficient (Wildman–Crippen LogP) is 8.51. The van der Waals surface area contributed by atoms with E-state index in [1.807, 2.05) is 0 Å². The molecule has 0 unspecified atom stereocenters. The molecule has 154 valence electrons. The van der Waals surface area contributed by atoms with E-state index in [1.54, 1.807) is 0 Å². The van der Waals surface area contributed by atoms with Crippen LogP contribution in [0.3, 0.4) is 0 Å². The van der Waals surface area contributed by atoms with E-state index in [2.05, 4.69) is 107 Å². The Morgan fingerprint density at radius 1 is 0.548 bits per heavy atom. The average molecular weight is 404 g/mol. The van der Waals surface area contributed by atoms with E-state index in [4.69, 9.17) is 0 Å². The van der Waals surface area contributed by atoms with Gasteiger partial charge in [-0.15, -0.1) is 0 Å². The Hall–Kier alpha value is -3.32. The third kappa shape index (κ3) is 3.08. The summed E-state index contributed by atoms with van der Waals surface area (Å²) >= 11 is 0. The molecule has 1 N–H and O–H groups in total. The summed E-state index contributed by atoms with van der Waals surface area (Å²) in [5.74, 6) is 0. The highest BCUT2D eigenvalue weighted by atomic mass is 14.7. The van der Waals surface area contributed by atoms with Gasteiger partial charge in [0.05, 0.1) is 5.52 Å². The highest BCUT2D eigenvalue weighted by Gasteiger charge is 2.17. The molecule has 0 atom stereocenters. The minimum atomic E-state index is 1.19. The zero-order valence-electron chi connectivity index (χ0n) is 19.3. The Morgan fingerprint density at radius 2 is 1.10 bits per heavy atom. The molecule has 0 bridgehead atoms. The Morgan fingerprint density at radius 3 is 1.71 bits per heavy atom. The molecule has 31 heavy (non-hydrogen) atoms. The maximum Gasteiger partial charge on any atom is 0.0550 e. The first-order valence-corrected chi connectivity index (χ1v) is 11.0. The number of fused-ring (bicyclic) bond motifs is 3. The smallest absolute Gasteiger partial charge is 0.0550 e. The lowest BCUT2D eigenvalue weighted by molar-refractivity contribution is 1.26. The molecule has 4 aromatic carbocycles. The molecule has 0 saturated carbocycles. The molecule has 5 aromatic rings. The number of nitrogens with one attached hydrogen (secondary N) is 1. The van der Waals surface area contributed by atoms with Gasteiger partial charge in [-0.1, -0.05) is 54.6 Å². The molecular weight excluding hydrogens is 374 g/mol. The molecule has 0 aliphatic rings. The number of hydrogen-bond acceptors (Lipinski definition) is 0. The number of H-pyrrole nitrogens is 1. The van der Waals surface area contributed by atoms with Crippen LogP contribution in [0.2, 0.25) is 0 Å². The number of rotatable bonds is 2. The Labute approximate surface area is 184 Å². The van der Waals surface area contributed by atoms with Gasteiger partial charge in [-0.2, -0.15) is 0 Å². The van der Waals surface area contributed by atoms with Gasteiger partial charge in [-0.05, 0) is 97.7 Å². The quantitative estimate of drug-likeness (QED) is 0.304. The first-order chi connectivity index (χ1) is 14.8. The van der Waals surface area contributed by atoms with E-state index in [-0.39, 0.29) is 0 Å². The molecule has 1 nitrogen and oxygen atoms in total. The summed E-state index contributed by atoms with van der Waals surface area (Å²) in [7, 11) is 0. The lowest BCUT2D eigenvalue weighted by atomic mass is 9.88. The molecule has 0 amide bonds. The van der Waals surface area contributed by atoms with Gasteiger partial charge in [-0.3, -0.25) is 0 Å². The molecule has 0 aliphatic carbocycles. The van der Waals surface area contributed by atoms with Crippen molar-refractivity contribution in [2.24, 2.45) is 0 Å². The maximum absolute atomic E-state index is 3.75. The van der Waals surface area contributed by atoms with Crippen molar-refractivity contribution >= 4 is 21.8 Å². The fraction of sp³-hybridized carbons (Fsp3) is 0.200. The number of aromatic amines is 1. The van der Waals surface area contributed by atoms with Gasteiger partial charge in [0.2, 0.25) is 0 Å². The van der Waals surface area contributed by atoms with Crippen molar-refractivity contribution in [2.75, 3.05) is 0 Å². The molecule has 0 spiro atoms. The first-order valence-electron chi connectivity index (χ1n) is 11.0. The molecule has 0 saturated heterocycles. The Balaban J connectivity index is 1.93. The Bertz CT molecular complexity index is 1430. The standard InChI is InChI=1S/C30H29N/c1-17-13-23(14-18(2)21(17)5)25-11-12-27-26-9-7-8-10-28(26)31-30(27)29(25)24-15-19(3)22(6)20(4)16-24/h7-16,31H,1-6H3. The molecule has 0 fully saturated rings. The zero-order chi connectivity index (χ0) is 21.9. The molecule has 1 heteroatoms. The van der Waals surface area contributed by atoms with Gasteiger partial charge in [0.1, 0.15) is 0 Å². The van der Waals surface area contributed by atoms with Crippen LogP contribution in [0.15, 0.2) is 60.7 Å². The van der Waals surface area contributed by atoms with Crippen LogP contribution in [0.4, 0.5) is 0 Å². The summed E-state index contributed by atoms with van der Waals surface area (Å²) in [6, 6.07) is 22.6. The number of hydrogen-bond donors (Lipinski definition) is 1. The normalized spacial score (nSPS) is 11.5. The van der Waals surface area contributed by atoms with E-state index in [0.717, 1.165) is 0 Å². The van der Waals surface area contributed by atoms with Crippen LogP contribution in [-0.4, -0.2) is 4.98 Å². The van der Waals surface area contributed by atoms with Crippen LogP contribution in [0.25, 0.3) is 44.1 Å². The van der Waals surface area contributed by atoms with E-state index in [0.29, 0.717) is 0 Å². The average Bonchev–Trinajstić information content (AvgIpc) is 3.13. The summed E-state index contributed by atoms with van der Waals surface area (Å²) in [6.07, 6.45) is 0. The first kappa shape index (κ1) is 19.6. The Kier molecular flexibility index (Phi) is 4.51. The topological polar surface area (TPSA) is 15.8 Å². The molecular formula is C30H29N. The number of aryl methyl sites for hydroxylation is 4. The minimum Gasteiger partial charge on any atom is -0.354 e. The van der Waals surface area contributed by atoms with Gasteiger partial charge >= 0.3 is 0 Å². The second-order valence-electron chi connectivity index (χ2n) is 9.05. The van der Waals surface area contributed by atoms with E-state index >= 15 is 0 Å². The van der Waals surface area contributed by atoms with Gasteiger partial charge in [0, 0.05) is 21.9 Å². The number of aromatic nitrogens is 1. The monoisotopic (exact) mass is 403 g/mol. The van der Waals surface area contributed by atoms with Crippen molar-refractivity contribution in [1.82, 2.24) is 4.98 Å². The summed E-state index contributed by atoms with van der Waals surface area (Å²) in [4.78, 5) is 3.75. The van der Waals surface area contributed by atoms with Crippen LogP contribution in [0, 0.1) is 41.5 Å². The second kappa shape index (κ2) is 7.13.